The van der Waals surface area contributed by atoms with Crippen LogP contribution in [0.2, 0.25) is 0 Å². The first-order valence-corrected chi connectivity index (χ1v) is 9.50. The van der Waals surface area contributed by atoms with Crippen molar-refractivity contribution < 1.29 is 13.9 Å². The summed E-state index contributed by atoms with van der Waals surface area (Å²) in [4.78, 5) is 4.76. The number of nitrogens with zero attached hydrogens (tertiary/aromatic N) is 1. The van der Waals surface area contributed by atoms with E-state index in [4.69, 9.17) is 18.9 Å². The molecule has 0 spiro atoms. The minimum atomic E-state index is 0.543. The number of aliphatic imine (C=N–C) groups is 1. The molecule has 1 fully saturated rings. The Kier molecular flexibility index (Phi) is 7.16. The van der Waals surface area contributed by atoms with Crippen LogP contribution in [0, 0.1) is 12.8 Å². The van der Waals surface area contributed by atoms with Crippen LogP contribution in [-0.2, 0) is 17.7 Å². The Morgan fingerprint density at radius 2 is 2.22 bits per heavy atom. The van der Waals surface area contributed by atoms with E-state index in [9.17, 15) is 0 Å². The maximum absolute atomic E-state index is 5.46. The monoisotopic (exact) mass is 371 g/mol. The summed E-state index contributed by atoms with van der Waals surface area (Å²) in [5.74, 6) is 3.19. The molecule has 0 aliphatic carbocycles. The van der Waals surface area contributed by atoms with Gasteiger partial charge in [-0.3, -0.25) is 0 Å². The van der Waals surface area contributed by atoms with Crippen LogP contribution in [-0.4, -0.2) is 39.4 Å². The van der Waals surface area contributed by atoms with Crippen molar-refractivity contribution in [3.63, 3.8) is 0 Å². The Hall–Kier alpha value is -2.47. The highest BCUT2D eigenvalue weighted by Gasteiger charge is 2.15. The summed E-state index contributed by atoms with van der Waals surface area (Å²) in [5.41, 5.74) is 2.30. The van der Waals surface area contributed by atoms with Crippen LogP contribution in [0.4, 0.5) is 0 Å². The van der Waals surface area contributed by atoms with Crippen molar-refractivity contribution in [1.82, 2.24) is 10.6 Å². The molecule has 6 nitrogen and oxygen atoms in total. The zero-order valence-electron chi connectivity index (χ0n) is 16.2. The topological polar surface area (TPSA) is 68.0 Å². The molecule has 1 aromatic heterocycles. The molecule has 2 heterocycles. The molecule has 2 aromatic rings. The van der Waals surface area contributed by atoms with Gasteiger partial charge in [0.25, 0.3) is 0 Å². The van der Waals surface area contributed by atoms with E-state index in [1.165, 1.54) is 5.56 Å². The molecular formula is C21H29N3O3. The molecule has 1 atom stereocenters. The number of furan rings is 1. The fraction of sp³-hybridized carbons (Fsp3) is 0.476. The smallest absolute Gasteiger partial charge is 0.191 e. The Morgan fingerprint density at radius 3 is 2.96 bits per heavy atom. The predicted molar refractivity (Wildman–Crippen MR) is 106 cm³/mol. The fourth-order valence-electron chi connectivity index (χ4n) is 3.12. The van der Waals surface area contributed by atoms with Gasteiger partial charge in [-0.15, -0.1) is 0 Å². The summed E-state index contributed by atoms with van der Waals surface area (Å²) in [5, 5.41) is 6.85. The highest BCUT2D eigenvalue weighted by molar-refractivity contribution is 5.79. The summed E-state index contributed by atoms with van der Waals surface area (Å²) < 4.78 is 16.2. The standard InChI is InChI=1S/C21H29N3O3/c1-16-10-18(12-20(11-16)25-2)14-24-21(23-13-17-6-9-26-15-17)22-7-5-19-4-3-8-27-19/h3-4,8,10-12,17H,5-7,9,13-15H2,1-2H3,(H2,22,23,24). The highest BCUT2D eigenvalue weighted by Crippen LogP contribution is 2.17. The average Bonchev–Trinajstić information content (AvgIpc) is 3.37. The second-order valence-corrected chi connectivity index (χ2v) is 6.89. The van der Waals surface area contributed by atoms with Crippen LogP contribution in [0.5, 0.6) is 5.75 Å². The number of ether oxygens (including phenoxy) is 2. The number of guanidine groups is 1. The molecule has 0 bridgehead atoms. The molecule has 1 aliphatic rings. The van der Waals surface area contributed by atoms with Crippen molar-refractivity contribution >= 4 is 5.96 Å². The van der Waals surface area contributed by atoms with Gasteiger partial charge < -0.3 is 24.5 Å². The molecular weight excluding hydrogens is 342 g/mol. The number of nitrogens with one attached hydrogen (secondary N) is 2. The zero-order valence-corrected chi connectivity index (χ0v) is 16.2. The molecule has 1 aromatic carbocycles. The molecule has 2 N–H and O–H groups in total. The van der Waals surface area contributed by atoms with Crippen LogP contribution in [0.25, 0.3) is 0 Å². The summed E-state index contributed by atoms with van der Waals surface area (Å²) >= 11 is 0. The van der Waals surface area contributed by atoms with Crippen molar-refractivity contribution in [1.29, 1.82) is 0 Å². The lowest BCUT2D eigenvalue weighted by Gasteiger charge is -2.15. The first kappa shape index (κ1) is 19.3. The van der Waals surface area contributed by atoms with E-state index in [0.29, 0.717) is 12.5 Å². The molecule has 0 saturated carbocycles. The van der Waals surface area contributed by atoms with Gasteiger partial charge in [-0.1, -0.05) is 6.07 Å². The van der Waals surface area contributed by atoms with Crippen LogP contribution in [0.15, 0.2) is 46.0 Å². The minimum Gasteiger partial charge on any atom is -0.497 e. The largest absolute Gasteiger partial charge is 0.497 e. The van der Waals surface area contributed by atoms with Crippen molar-refractivity contribution in [2.45, 2.75) is 26.3 Å². The van der Waals surface area contributed by atoms with E-state index >= 15 is 0 Å². The Morgan fingerprint density at radius 1 is 1.30 bits per heavy atom. The fourth-order valence-corrected chi connectivity index (χ4v) is 3.12. The van der Waals surface area contributed by atoms with Gasteiger partial charge >= 0.3 is 0 Å². The highest BCUT2D eigenvalue weighted by atomic mass is 16.5. The Labute approximate surface area is 161 Å². The van der Waals surface area contributed by atoms with Gasteiger partial charge in [0, 0.05) is 32.0 Å². The van der Waals surface area contributed by atoms with Gasteiger partial charge in [-0.05, 0) is 48.7 Å². The first-order valence-electron chi connectivity index (χ1n) is 9.50. The van der Waals surface area contributed by atoms with Gasteiger partial charge in [0.05, 0.1) is 26.5 Å². The zero-order chi connectivity index (χ0) is 18.9. The molecule has 1 unspecified atom stereocenters. The van der Waals surface area contributed by atoms with Crippen LogP contribution in [0.1, 0.15) is 23.3 Å². The normalized spacial score (nSPS) is 17.1. The summed E-state index contributed by atoms with van der Waals surface area (Å²) in [7, 11) is 1.69. The number of aryl methyl sites for hydroxylation is 1. The van der Waals surface area contributed by atoms with Crippen molar-refractivity contribution in [3.8, 4) is 5.75 Å². The van der Waals surface area contributed by atoms with E-state index in [-0.39, 0.29) is 0 Å². The SMILES string of the molecule is COc1cc(C)cc(CN=C(NCCc2ccco2)NCC2CCOC2)c1. The third-order valence-corrected chi connectivity index (χ3v) is 4.59. The van der Waals surface area contributed by atoms with Gasteiger partial charge in [-0.2, -0.15) is 0 Å². The summed E-state index contributed by atoms with van der Waals surface area (Å²) in [6.07, 6.45) is 3.62. The average molecular weight is 371 g/mol. The predicted octanol–water partition coefficient (Wildman–Crippen LogP) is 2.91. The molecule has 27 heavy (non-hydrogen) atoms. The van der Waals surface area contributed by atoms with Crippen molar-refractivity contribution in [2.75, 3.05) is 33.4 Å². The molecule has 1 aliphatic heterocycles. The summed E-state index contributed by atoms with van der Waals surface area (Å²) in [6.45, 7) is 5.96. The van der Waals surface area contributed by atoms with Crippen molar-refractivity contribution in [3.05, 3.63) is 53.5 Å². The van der Waals surface area contributed by atoms with Crippen LogP contribution < -0.4 is 15.4 Å². The number of benzene rings is 1. The molecule has 0 radical (unpaired) electrons. The van der Waals surface area contributed by atoms with Gasteiger partial charge in [0.1, 0.15) is 11.5 Å². The molecule has 3 rings (SSSR count). The second kappa shape index (κ2) is 10.0. The lowest BCUT2D eigenvalue weighted by atomic mass is 10.1. The third kappa shape index (κ3) is 6.32. The van der Waals surface area contributed by atoms with Gasteiger partial charge in [-0.25, -0.2) is 4.99 Å². The van der Waals surface area contributed by atoms with E-state index < -0.39 is 0 Å². The third-order valence-electron chi connectivity index (χ3n) is 4.59. The number of methoxy groups -OCH3 is 1. The number of hydrogen-bond donors (Lipinski definition) is 2. The van der Waals surface area contributed by atoms with Gasteiger partial charge in [0.2, 0.25) is 0 Å². The van der Waals surface area contributed by atoms with Crippen LogP contribution >= 0.6 is 0 Å². The lowest BCUT2D eigenvalue weighted by Crippen LogP contribution is -2.40. The first-order chi connectivity index (χ1) is 13.2. The van der Waals surface area contributed by atoms with E-state index in [0.717, 1.165) is 62.2 Å². The molecule has 1 saturated heterocycles. The van der Waals surface area contributed by atoms with Crippen LogP contribution in [0.3, 0.4) is 0 Å². The Balaban J connectivity index is 1.59. The molecule has 6 heteroatoms. The summed E-state index contributed by atoms with van der Waals surface area (Å²) in [6, 6.07) is 10.1. The quantitative estimate of drug-likeness (QED) is 0.552. The van der Waals surface area contributed by atoms with Gasteiger partial charge in [0.15, 0.2) is 5.96 Å². The Bertz CT molecular complexity index is 722. The number of rotatable bonds is 8. The maximum Gasteiger partial charge on any atom is 0.191 e. The second-order valence-electron chi connectivity index (χ2n) is 6.89. The lowest BCUT2D eigenvalue weighted by molar-refractivity contribution is 0.186. The van der Waals surface area contributed by atoms with E-state index in [1.54, 1.807) is 13.4 Å². The number of hydrogen-bond acceptors (Lipinski definition) is 4. The minimum absolute atomic E-state index is 0.543. The van der Waals surface area contributed by atoms with E-state index in [2.05, 4.69) is 23.6 Å². The maximum atomic E-state index is 5.46. The van der Waals surface area contributed by atoms with Crippen molar-refractivity contribution in [2.24, 2.45) is 10.9 Å². The molecule has 0 amide bonds. The molecule has 146 valence electrons. The van der Waals surface area contributed by atoms with E-state index in [1.807, 2.05) is 24.3 Å².